The van der Waals surface area contributed by atoms with E-state index in [1.165, 1.54) is 10.4 Å². The van der Waals surface area contributed by atoms with Crippen LogP contribution in [-0.2, 0) is 4.74 Å². The van der Waals surface area contributed by atoms with Crippen molar-refractivity contribution >= 4 is 28.3 Å². The van der Waals surface area contributed by atoms with Crippen molar-refractivity contribution in [1.29, 1.82) is 0 Å². The standard InChI is InChI=1S/C22H25N3O2S/c1-15-8-9-20(28-15)22(26)24-12-10-16(11-13-24)25-18-6-3-2-5-17(18)23-21(25)19-7-4-14-27-19/h2-3,5-6,8-9,16,19H,4,7,10-14H2,1H3. The van der Waals surface area contributed by atoms with E-state index in [0.717, 1.165) is 61.6 Å². The van der Waals surface area contributed by atoms with Crippen LogP contribution < -0.4 is 0 Å². The molecule has 0 saturated carbocycles. The molecule has 6 heteroatoms. The van der Waals surface area contributed by atoms with Crippen LogP contribution in [-0.4, -0.2) is 40.1 Å². The van der Waals surface area contributed by atoms with E-state index in [1.807, 2.05) is 30.0 Å². The van der Waals surface area contributed by atoms with Gasteiger partial charge in [0.2, 0.25) is 0 Å². The number of rotatable bonds is 3. The number of imidazole rings is 1. The summed E-state index contributed by atoms with van der Waals surface area (Å²) in [5.41, 5.74) is 2.23. The number of carbonyl (C=O) groups excluding carboxylic acids is 1. The van der Waals surface area contributed by atoms with Crippen LogP contribution in [0, 0.1) is 6.92 Å². The molecule has 2 saturated heterocycles. The molecule has 4 heterocycles. The highest BCUT2D eigenvalue weighted by atomic mass is 32.1. The Kier molecular flexibility index (Phi) is 4.69. The summed E-state index contributed by atoms with van der Waals surface area (Å²) in [4.78, 5) is 21.8. The summed E-state index contributed by atoms with van der Waals surface area (Å²) in [5, 5.41) is 0. The zero-order valence-electron chi connectivity index (χ0n) is 16.1. The number of amides is 1. The summed E-state index contributed by atoms with van der Waals surface area (Å²) in [6, 6.07) is 12.7. The van der Waals surface area contributed by atoms with Gasteiger partial charge in [-0.3, -0.25) is 4.79 Å². The van der Waals surface area contributed by atoms with E-state index in [0.29, 0.717) is 6.04 Å². The molecule has 1 unspecified atom stereocenters. The lowest BCUT2D eigenvalue weighted by Gasteiger charge is -2.34. The summed E-state index contributed by atoms with van der Waals surface area (Å²) in [6.07, 6.45) is 4.15. The summed E-state index contributed by atoms with van der Waals surface area (Å²) < 4.78 is 8.38. The molecule has 2 fully saturated rings. The molecule has 2 aliphatic heterocycles. The topological polar surface area (TPSA) is 47.4 Å². The number of hydrogen-bond donors (Lipinski definition) is 0. The van der Waals surface area contributed by atoms with Gasteiger partial charge in [0, 0.05) is 30.6 Å². The number of likely N-dealkylation sites (tertiary alicyclic amines) is 1. The Morgan fingerprint density at radius 1 is 1.14 bits per heavy atom. The number of fused-ring (bicyclic) bond motifs is 1. The van der Waals surface area contributed by atoms with E-state index in [4.69, 9.17) is 9.72 Å². The number of aryl methyl sites for hydroxylation is 1. The quantitative estimate of drug-likeness (QED) is 0.644. The molecule has 1 atom stereocenters. The van der Waals surface area contributed by atoms with Crippen molar-refractivity contribution < 1.29 is 9.53 Å². The zero-order valence-corrected chi connectivity index (χ0v) is 17.0. The SMILES string of the molecule is Cc1ccc(C(=O)N2CCC(n3c(C4CCCO4)nc4ccccc43)CC2)s1. The van der Waals surface area contributed by atoms with Gasteiger partial charge in [0.15, 0.2) is 0 Å². The predicted molar refractivity (Wildman–Crippen MR) is 111 cm³/mol. The van der Waals surface area contributed by atoms with Gasteiger partial charge >= 0.3 is 0 Å². The minimum absolute atomic E-state index is 0.0983. The maximum absolute atomic E-state index is 12.8. The lowest BCUT2D eigenvalue weighted by molar-refractivity contribution is 0.0687. The van der Waals surface area contributed by atoms with Gasteiger partial charge in [-0.25, -0.2) is 4.98 Å². The maximum Gasteiger partial charge on any atom is 0.263 e. The monoisotopic (exact) mass is 395 g/mol. The molecule has 1 aromatic carbocycles. The summed E-state index contributed by atoms with van der Waals surface area (Å²) >= 11 is 1.59. The van der Waals surface area contributed by atoms with Crippen LogP contribution >= 0.6 is 11.3 Å². The van der Waals surface area contributed by atoms with Crippen LogP contribution in [0.2, 0.25) is 0 Å². The van der Waals surface area contributed by atoms with Crippen LogP contribution in [0.4, 0.5) is 0 Å². The molecule has 0 aliphatic carbocycles. The second kappa shape index (κ2) is 7.33. The van der Waals surface area contributed by atoms with Gasteiger partial charge in [0.05, 0.1) is 15.9 Å². The summed E-state index contributed by atoms with van der Waals surface area (Å²) in [5.74, 6) is 1.24. The van der Waals surface area contributed by atoms with Crippen molar-refractivity contribution in [2.75, 3.05) is 19.7 Å². The van der Waals surface area contributed by atoms with Crippen LogP contribution in [0.1, 0.15) is 58.2 Å². The van der Waals surface area contributed by atoms with Gasteiger partial charge in [0.1, 0.15) is 11.9 Å². The van der Waals surface area contributed by atoms with Crippen molar-refractivity contribution in [2.45, 2.75) is 44.8 Å². The molecule has 3 aromatic rings. The molecule has 5 nitrogen and oxygen atoms in total. The molecule has 28 heavy (non-hydrogen) atoms. The number of hydrogen-bond acceptors (Lipinski definition) is 4. The second-order valence-corrected chi connectivity index (χ2v) is 9.05. The van der Waals surface area contributed by atoms with Crippen LogP contribution in [0.5, 0.6) is 0 Å². The smallest absolute Gasteiger partial charge is 0.263 e. The first-order valence-corrected chi connectivity index (χ1v) is 11.0. The number of ether oxygens (including phenoxy) is 1. The highest BCUT2D eigenvalue weighted by Gasteiger charge is 2.31. The molecule has 5 rings (SSSR count). The fourth-order valence-electron chi connectivity index (χ4n) is 4.49. The third-order valence-electron chi connectivity index (χ3n) is 5.91. The Morgan fingerprint density at radius 2 is 1.96 bits per heavy atom. The molecule has 0 radical (unpaired) electrons. The number of nitrogens with zero attached hydrogens (tertiary/aromatic N) is 3. The normalized spacial score (nSPS) is 20.9. The molecule has 0 spiro atoms. The summed E-state index contributed by atoms with van der Waals surface area (Å²) in [6.45, 7) is 4.45. The van der Waals surface area contributed by atoms with E-state index in [2.05, 4.69) is 22.8 Å². The Morgan fingerprint density at radius 3 is 2.68 bits per heavy atom. The maximum atomic E-state index is 12.8. The number of benzene rings is 1. The van der Waals surface area contributed by atoms with E-state index in [1.54, 1.807) is 11.3 Å². The lowest BCUT2D eigenvalue weighted by atomic mass is 10.0. The van der Waals surface area contributed by atoms with E-state index < -0.39 is 0 Å². The number of para-hydroxylation sites is 2. The molecule has 2 aromatic heterocycles. The van der Waals surface area contributed by atoms with E-state index in [-0.39, 0.29) is 12.0 Å². The first-order valence-electron chi connectivity index (χ1n) is 10.1. The van der Waals surface area contributed by atoms with Crippen molar-refractivity contribution in [3.05, 3.63) is 52.0 Å². The zero-order chi connectivity index (χ0) is 19.1. The molecule has 2 aliphatic rings. The molecule has 0 bridgehead atoms. The number of aromatic nitrogens is 2. The first kappa shape index (κ1) is 17.9. The van der Waals surface area contributed by atoms with Gasteiger partial charge in [-0.2, -0.15) is 0 Å². The highest BCUT2D eigenvalue weighted by Crippen LogP contribution is 2.36. The third-order valence-corrected chi connectivity index (χ3v) is 6.90. The number of carbonyl (C=O) groups is 1. The minimum atomic E-state index is 0.0983. The molecular weight excluding hydrogens is 370 g/mol. The Labute approximate surface area is 168 Å². The third kappa shape index (κ3) is 3.14. The summed E-state index contributed by atoms with van der Waals surface area (Å²) in [7, 11) is 0. The average molecular weight is 396 g/mol. The van der Waals surface area contributed by atoms with Crippen LogP contribution in [0.3, 0.4) is 0 Å². The Balaban J connectivity index is 1.39. The van der Waals surface area contributed by atoms with E-state index in [9.17, 15) is 4.79 Å². The minimum Gasteiger partial charge on any atom is -0.370 e. The fourth-order valence-corrected chi connectivity index (χ4v) is 5.32. The second-order valence-electron chi connectivity index (χ2n) is 7.76. The first-order chi connectivity index (χ1) is 13.7. The van der Waals surface area contributed by atoms with Gasteiger partial charge in [-0.15, -0.1) is 11.3 Å². The van der Waals surface area contributed by atoms with Crippen molar-refractivity contribution in [3.8, 4) is 0 Å². The van der Waals surface area contributed by atoms with E-state index >= 15 is 0 Å². The molecule has 0 N–H and O–H groups in total. The van der Waals surface area contributed by atoms with Gasteiger partial charge < -0.3 is 14.2 Å². The molecular formula is C22H25N3O2S. The van der Waals surface area contributed by atoms with Gasteiger partial charge in [-0.05, 0) is 56.9 Å². The largest absolute Gasteiger partial charge is 0.370 e. The predicted octanol–water partition coefficient (Wildman–Crippen LogP) is 4.74. The highest BCUT2D eigenvalue weighted by molar-refractivity contribution is 7.13. The number of piperidine rings is 1. The molecule has 146 valence electrons. The van der Waals surface area contributed by atoms with Gasteiger partial charge in [-0.1, -0.05) is 12.1 Å². The number of thiophene rings is 1. The average Bonchev–Trinajstić information content (AvgIpc) is 3.46. The van der Waals surface area contributed by atoms with Gasteiger partial charge in [0.25, 0.3) is 5.91 Å². The fraction of sp³-hybridized carbons (Fsp3) is 0.455. The van der Waals surface area contributed by atoms with Crippen molar-refractivity contribution in [3.63, 3.8) is 0 Å². The van der Waals surface area contributed by atoms with Crippen molar-refractivity contribution in [1.82, 2.24) is 14.5 Å². The lowest BCUT2D eigenvalue weighted by Crippen LogP contribution is -2.39. The van der Waals surface area contributed by atoms with Crippen molar-refractivity contribution in [2.24, 2.45) is 0 Å². The Hall–Kier alpha value is -2.18. The van der Waals surface area contributed by atoms with Crippen LogP contribution in [0.25, 0.3) is 11.0 Å². The van der Waals surface area contributed by atoms with Crippen LogP contribution in [0.15, 0.2) is 36.4 Å². The Bertz CT molecular complexity index is 994. The molecule has 1 amide bonds.